The molecule has 2 N–H and O–H groups in total. The van der Waals surface area contributed by atoms with Crippen molar-refractivity contribution in [3.8, 4) is 0 Å². The first-order valence-corrected chi connectivity index (χ1v) is 6.85. The average Bonchev–Trinajstić information content (AvgIpc) is 2.31. The highest BCUT2D eigenvalue weighted by atomic mass is 19.1. The van der Waals surface area contributed by atoms with E-state index in [9.17, 15) is 8.78 Å². The van der Waals surface area contributed by atoms with E-state index in [4.69, 9.17) is 10.5 Å². The number of hydrogen-bond acceptors (Lipinski definition) is 3. The van der Waals surface area contributed by atoms with Gasteiger partial charge in [0.2, 0.25) is 0 Å². The van der Waals surface area contributed by atoms with Crippen molar-refractivity contribution in [1.82, 2.24) is 0 Å². The lowest BCUT2D eigenvalue weighted by molar-refractivity contribution is 0.203. The first-order chi connectivity index (χ1) is 9.36. The Morgan fingerprint density at radius 2 is 1.75 bits per heavy atom. The van der Waals surface area contributed by atoms with Gasteiger partial charge >= 0.3 is 0 Å². The highest BCUT2D eigenvalue weighted by Gasteiger charge is 2.20. The fourth-order valence-corrected chi connectivity index (χ4v) is 2.20. The van der Waals surface area contributed by atoms with Gasteiger partial charge in [0.15, 0.2) is 0 Å². The third-order valence-electron chi connectivity index (χ3n) is 3.08. The molecule has 0 aliphatic heterocycles. The summed E-state index contributed by atoms with van der Waals surface area (Å²) in [6.07, 6.45) is 0.452. The monoisotopic (exact) mass is 286 g/mol. The van der Waals surface area contributed by atoms with Crippen molar-refractivity contribution in [3.05, 3.63) is 29.3 Å². The minimum absolute atomic E-state index is 0.00507. The lowest BCUT2D eigenvalue weighted by Gasteiger charge is -2.29. The zero-order valence-corrected chi connectivity index (χ0v) is 12.6. The quantitative estimate of drug-likeness (QED) is 0.837. The third-order valence-corrected chi connectivity index (χ3v) is 3.08. The lowest BCUT2D eigenvalue weighted by atomic mass is 10.1. The van der Waals surface area contributed by atoms with Crippen LogP contribution >= 0.6 is 0 Å². The zero-order valence-electron chi connectivity index (χ0n) is 12.6. The fraction of sp³-hybridized carbons (Fsp3) is 0.600. The first-order valence-electron chi connectivity index (χ1n) is 6.85. The van der Waals surface area contributed by atoms with Crippen molar-refractivity contribution in [3.63, 3.8) is 0 Å². The maximum absolute atomic E-state index is 14.2. The number of halogens is 2. The van der Waals surface area contributed by atoms with Gasteiger partial charge in [-0.05, 0) is 44.9 Å². The van der Waals surface area contributed by atoms with Crippen LogP contribution in [-0.4, -0.2) is 32.3 Å². The summed E-state index contributed by atoms with van der Waals surface area (Å²) >= 11 is 0. The van der Waals surface area contributed by atoms with Crippen LogP contribution in [0.25, 0.3) is 0 Å². The standard InChI is InChI=1S/C15H24F2N2O/c1-10(2)19(5-6-20-4)15-13(16)8-12(7-11(3)18)9-14(15)17/h8-11H,5-7,18H2,1-4H3. The van der Waals surface area contributed by atoms with Gasteiger partial charge in [0.25, 0.3) is 0 Å². The zero-order chi connectivity index (χ0) is 15.3. The number of rotatable bonds is 7. The van der Waals surface area contributed by atoms with Gasteiger partial charge in [0, 0.05) is 25.7 Å². The van der Waals surface area contributed by atoms with Crippen molar-refractivity contribution in [1.29, 1.82) is 0 Å². The number of methoxy groups -OCH3 is 1. The molecule has 1 aromatic rings. The molecule has 0 heterocycles. The Hall–Kier alpha value is -1.20. The van der Waals surface area contributed by atoms with E-state index in [2.05, 4.69) is 0 Å². The SMILES string of the molecule is COCCN(c1c(F)cc(CC(C)N)cc1F)C(C)C. The molecule has 1 atom stereocenters. The van der Waals surface area contributed by atoms with Crippen LogP contribution in [0.2, 0.25) is 0 Å². The van der Waals surface area contributed by atoms with Gasteiger partial charge in [0.05, 0.1) is 6.61 Å². The Kier molecular flexibility index (Phi) is 6.36. The molecule has 114 valence electrons. The van der Waals surface area contributed by atoms with Crippen molar-refractivity contribution in [2.24, 2.45) is 5.73 Å². The predicted octanol–water partition coefficient (Wildman–Crippen LogP) is 2.72. The molecular formula is C15H24F2N2O. The van der Waals surface area contributed by atoms with Crippen LogP contribution in [0.1, 0.15) is 26.3 Å². The summed E-state index contributed by atoms with van der Waals surface area (Å²) in [5, 5.41) is 0. The topological polar surface area (TPSA) is 38.5 Å². The molecule has 0 aliphatic carbocycles. The van der Waals surface area contributed by atoms with Crippen LogP contribution in [0.5, 0.6) is 0 Å². The molecule has 0 radical (unpaired) electrons. The second-order valence-corrected chi connectivity index (χ2v) is 5.37. The molecule has 1 unspecified atom stereocenters. The molecule has 0 bridgehead atoms. The van der Waals surface area contributed by atoms with E-state index in [-0.39, 0.29) is 17.8 Å². The third kappa shape index (κ3) is 4.42. The number of hydrogen-bond donors (Lipinski definition) is 1. The van der Waals surface area contributed by atoms with Crippen molar-refractivity contribution in [2.45, 2.75) is 39.3 Å². The van der Waals surface area contributed by atoms with Crippen LogP contribution in [0.3, 0.4) is 0 Å². The molecule has 0 saturated carbocycles. The minimum atomic E-state index is -0.551. The second-order valence-electron chi connectivity index (χ2n) is 5.37. The predicted molar refractivity (Wildman–Crippen MR) is 78.1 cm³/mol. The normalized spacial score (nSPS) is 12.8. The van der Waals surface area contributed by atoms with Crippen molar-refractivity contribution < 1.29 is 13.5 Å². The summed E-state index contributed by atoms with van der Waals surface area (Å²) in [7, 11) is 1.57. The molecule has 1 aromatic carbocycles. The summed E-state index contributed by atoms with van der Waals surface area (Å²) in [6, 6.07) is 2.58. The molecule has 0 aliphatic rings. The van der Waals surface area contributed by atoms with Crippen molar-refractivity contribution in [2.75, 3.05) is 25.2 Å². The van der Waals surface area contributed by atoms with E-state index in [0.717, 1.165) is 0 Å². The minimum Gasteiger partial charge on any atom is -0.383 e. The summed E-state index contributed by atoms with van der Waals surface area (Å²) in [5.41, 5.74) is 6.25. The van der Waals surface area contributed by atoms with E-state index in [0.29, 0.717) is 25.1 Å². The van der Waals surface area contributed by atoms with E-state index < -0.39 is 11.6 Å². The molecule has 5 heteroatoms. The van der Waals surface area contributed by atoms with E-state index in [1.807, 2.05) is 20.8 Å². The molecule has 3 nitrogen and oxygen atoms in total. The number of nitrogens with zero attached hydrogens (tertiary/aromatic N) is 1. The number of nitrogens with two attached hydrogens (primary N) is 1. The fourth-order valence-electron chi connectivity index (χ4n) is 2.20. The van der Waals surface area contributed by atoms with E-state index >= 15 is 0 Å². The molecule has 1 rings (SSSR count). The van der Waals surface area contributed by atoms with Crippen LogP contribution in [0.4, 0.5) is 14.5 Å². The Balaban J connectivity index is 3.09. The molecule has 0 aromatic heterocycles. The first kappa shape index (κ1) is 16.9. The van der Waals surface area contributed by atoms with Crippen LogP contribution < -0.4 is 10.6 Å². The number of ether oxygens (including phenoxy) is 1. The van der Waals surface area contributed by atoms with Crippen LogP contribution in [-0.2, 0) is 11.2 Å². The second kappa shape index (κ2) is 7.55. The maximum Gasteiger partial charge on any atom is 0.149 e. The van der Waals surface area contributed by atoms with Gasteiger partial charge in [0.1, 0.15) is 17.3 Å². The van der Waals surface area contributed by atoms with E-state index in [1.54, 1.807) is 12.0 Å². The van der Waals surface area contributed by atoms with Gasteiger partial charge in [-0.25, -0.2) is 8.78 Å². The summed E-state index contributed by atoms with van der Waals surface area (Å²) < 4.78 is 33.5. The largest absolute Gasteiger partial charge is 0.383 e. The summed E-state index contributed by atoms with van der Waals surface area (Å²) in [6.45, 7) is 6.45. The van der Waals surface area contributed by atoms with Crippen molar-refractivity contribution >= 4 is 5.69 Å². The molecule has 20 heavy (non-hydrogen) atoms. The van der Waals surface area contributed by atoms with Gasteiger partial charge in [-0.15, -0.1) is 0 Å². The Bertz CT molecular complexity index is 413. The Morgan fingerprint density at radius 3 is 2.15 bits per heavy atom. The average molecular weight is 286 g/mol. The summed E-state index contributed by atoms with van der Waals surface area (Å²) in [4.78, 5) is 1.67. The smallest absolute Gasteiger partial charge is 0.149 e. The van der Waals surface area contributed by atoms with Gasteiger partial charge in [-0.3, -0.25) is 0 Å². The van der Waals surface area contributed by atoms with Crippen LogP contribution in [0, 0.1) is 11.6 Å². The highest BCUT2D eigenvalue weighted by Crippen LogP contribution is 2.27. The van der Waals surface area contributed by atoms with Gasteiger partial charge in [-0.1, -0.05) is 0 Å². The van der Waals surface area contributed by atoms with E-state index in [1.165, 1.54) is 12.1 Å². The maximum atomic E-state index is 14.2. The van der Waals surface area contributed by atoms with Gasteiger partial charge in [-0.2, -0.15) is 0 Å². The molecule has 0 amide bonds. The molecule has 0 saturated heterocycles. The Morgan fingerprint density at radius 1 is 1.20 bits per heavy atom. The molecule has 0 spiro atoms. The summed E-state index contributed by atoms with van der Waals surface area (Å²) in [5.74, 6) is -1.10. The number of anilines is 1. The van der Waals surface area contributed by atoms with Gasteiger partial charge < -0.3 is 15.4 Å². The number of benzene rings is 1. The molecular weight excluding hydrogens is 262 g/mol. The lowest BCUT2D eigenvalue weighted by Crippen LogP contribution is -2.35. The highest BCUT2D eigenvalue weighted by molar-refractivity contribution is 5.51. The molecule has 0 fully saturated rings. The Labute approximate surface area is 119 Å². The van der Waals surface area contributed by atoms with Crippen LogP contribution in [0.15, 0.2) is 12.1 Å².